The van der Waals surface area contributed by atoms with Gasteiger partial charge in [-0.1, -0.05) is 6.92 Å². The summed E-state index contributed by atoms with van der Waals surface area (Å²) in [5, 5.41) is 13.5. The van der Waals surface area contributed by atoms with Gasteiger partial charge in [-0.3, -0.25) is 24.0 Å². The smallest absolute Gasteiger partial charge is 0.239 e. The van der Waals surface area contributed by atoms with E-state index in [1.807, 2.05) is 6.92 Å². The van der Waals surface area contributed by atoms with Gasteiger partial charge in [-0.2, -0.15) is 0 Å². The van der Waals surface area contributed by atoms with Crippen molar-refractivity contribution in [3.8, 4) is 0 Å². The van der Waals surface area contributed by atoms with Crippen molar-refractivity contribution in [2.24, 2.45) is 5.73 Å². The molecule has 0 aliphatic rings. The highest BCUT2D eigenvalue weighted by atomic mass is 16.2. The lowest BCUT2D eigenvalue weighted by Gasteiger charge is -2.15. The number of carbonyl (C=O) groups is 5. The van der Waals surface area contributed by atoms with E-state index in [2.05, 4.69) is 26.6 Å². The molecule has 0 aromatic carbocycles. The van der Waals surface area contributed by atoms with Crippen molar-refractivity contribution < 1.29 is 24.0 Å². The van der Waals surface area contributed by atoms with Crippen LogP contribution in [-0.4, -0.2) is 68.8 Å². The number of hydrogen-bond acceptors (Lipinski definition) is 6. The first-order valence-corrected chi connectivity index (χ1v) is 10.8. The zero-order valence-corrected chi connectivity index (χ0v) is 18.7. The summed E-state index contributed by atoms with van der Waals surface area (Å²) >= 11 is 0. The van der Waals surface area contributed by atoms with Crippen molar-refractivity contribution >= 4 is 29.5 Å². The zero-order valence-electron chi connectivity index (χ0n) is 18.7. The number of amides is 5. The monoisotopic (exact) mass is 442 g/mol. The fraction of sp³-hybridized carbons (Fsp3) is 0.750. The Kier molecular flexibility index (Phi) is 16.5. The van der Waals surface area contributed by atoms with Crippen LogP contribution in [0.4, 0.5) is 0 Å². The third kappa shape index (κ3) is 16.8. The molecule has 11 nitrogen and oxygen atoms in total. The minimum atomic E-state index is -0.789. The summed E-state index contributed by atoms with van der Waals surface area (Å²) in [6.07, 6.45) is 3.34. The molecule has 11 heteroatoms. The topological polar surface area (TPSA) is 172 Å². The van der Waals surface area contributed by atoms with Crippen LogP contribution in [0.5, 0.6) is 0 Å². The highest BCUT2D eigenvalue weighted by Gasteiger charge is 2.17. The van der Waals surface area contributed by atoms with E-state index < -0.39 is 11.9 Å². The van der Waals surface area contributed by atoms with E-state index in [0.29, 0.717) is 45.2 Å². The molecule has 5 amide bonds. The zero-order chi connectivity index (χ0) is 23.5. The molecule has 7 N–H and O–H groups in total. The van der Waals surface area contributed by atoms with Gasteiger partial charge in [0.15, 0.2) is 0 Å². The summed E-state index contributed by atoms with van der Waals surface area (Å²) in [5.74, 6) is -1.36. The van der Waals surface area contributed by atoms with Crippen LogP contribution in [0.15, 0.2) is 0 Å². The lowest BCUT2D eigenvalue weighted by atomic mass is 10.1. The van der Waals surface area contributed by atoms with E-state index in [0.717, 1.165) is 6.42 Å². The molecular formula is C20H38N6O5. The normalized spacial score (nSPS) is 11.3. The van der Waals surface area contributed by atoms with Gasteiger partial charge in [0.25, 0.3) is 0 Å². The summed E-state index contributed by atoms with van der Waals surface area (Å²) in [5.41, 5.74) is 5.34. The Morgan fingerprint density at radius 3 is 1.77 bits per heavy atom. The SMILES string of the molecule is CCCC(=O)NCCC(=O)NC(CCCCNC(=O)CCNC(=O)CCNC)C(N)=O. The van der Waals surface area contributed by atoms with Crippen LogP contribution in [0.3, 0.4) is 0 Å². The molecule has 0 rings (SSSR count). The Balaban J connectivity index is 3.92. The predicted molar refractivity (Wildman–Crippen MR) is 117 cm³/mol. The van der Waals surface area contributed by atoms with Crippen LogP contribution >= 0.6 is 0 Å². The van der Waals surface area contributed by atoms with Crippen molar-refractivity contribution in [3.63, 3.8) is 0 Å². The van der Waals surface area contributed by atoms with Gasteiger partial charge in [-0.15, -0.1) is 0 Å². The van der Waals surface area contributed by atoms with Crippen LogP contribution in [0.25, 0.3) is 0 Å². The molecule has 1 atom stereocenters. The maximum Gasteiger partial charge on any atom is 0.239 e. The van der Waals surface area contributed by atoms with E-state index in [1.165, 1.54) is 0 Å². The Labute approximate surface area is 184 Å². The number of rotatable bonds is 18. The van der Waals surface area contributed by atoms with Gasteiger partial charge in [0.2, 0.25) is 29.5 Å². The quantitative estimate of drug-likeness (QED) is 0.143. The number of hydrogen-bond donors (Lipinski definition) is 6. The van der Waals surface area contributed by atoms with Crippen molar-refractivity contribution in [1.82, 2.24) is 26.6 Å². The molecule has 0 saturated carbocycles. The summed E-state index contributed by atoms with van der Waals surface area (Å²) in [6, 6.07) is -0.789. The highest BCUT2D eigenvalue weighted by Crippen LogP contribution is 2.01. The fourth-order valence-corrected chi connectivity index (χ4v) is 2.61. The molecular weight excluding hydrogens is 404 g/mol. The first-order valence-electron chi connectivity index (χ1n) is 10.8. The lowest BCUT2D eigenvalue weighted by Crippen LogP contribution is -2.45. The van der Waals surface area contributed by atoms with Crippen LogP contribution in [-0.2, 0) is 24.0 Å². The second-order valence-corrected chi connectivity index (χ2v) is 7.17. The van der Waals surface area contributed by atoms with Gasteiger partial charge in [0.05, 0.1) is 0 Å². The Bertz CT molecular complexity index is 584. The molecule has 0 aromatic rings. The Morgan fingerprint density at radius 1 is 0.710 bits per heavy atom. The fourth-order valence-electron chi connectivity index (χ4n) is 2.61. The standard InChI is InChI=1S/C20H38N6O5/c1-3-6-16(27)24-14-10-19(30)26-15(20(21)31)7-4-5-11-23-18(29)9-13-25-17(28)8-12-22-2/h15,22H,3-14H2,1-2H3,(H2,21,31)(H,23,29)(H,24,27)(H,25,28)(H,26,30). The molecule has 0 aliphatic heterocycles. The molecule has 0 radical (unpaired) electrons. The molecule has 0 aromatic heterocycles. The van der Waals surface area contributed by atoms with Crippen LogP contribution in [0.1, 0.15) is 58.3 Å². The van der Waals surface area contributed by atoms with E-state index in [-0.39, 0.29) is 49.6 Å². The van der Waals surface area contributed by atoms with Crippen molar-refractivity contribution in [3.05, 3.63) is 0 Å². The third-order valence-electron chi connectivity index (χ3n) is 4.35. The van der Waals surface area contributed by atoms with Crippen LogP contribution in [0, 0.1) is 0 Å². The van der Waals surface area contributed by atoms with Crippen molar-refractivity contribution in [1.29, 1.82) is 0 Å². The Hall–Kier alpha value is -2.69. The highest BCUT2D eigenvalue weighted by molar-refractivity contribution is 5.86. The van der Waals surface area contributed by atoms with Crippen molar-refractivity contribution in [2.75, 3.05) is 33.2 Å². The molecule has 1 unspecified atom stereocenters. The van der Waals surface area contributed by atoms with Gasteiger partial charge in [-0.25, -0.2) is 0 Å². The molecule has 0 heterocycles. The Morgan fingerprint density at radius 2 is 1.23 bits per heavy atom. The summed E-state index contributed by atoms with van der Waals surface area (Å²) in [4.78, 5) is 58.0. The van der Waals surface area contributed by atoms with E-state index in [4.69, 9.17) is 5.73 Å². The van der Waals surface area contributed by atoms with Crippen LogP contribution < -0.4 is 32.3 Å². The third-order valence-corrected chi connectivity index (χ3v) is 4.35. The average molecular weight is 443 g/mol. The van der Waals surface area contributed by atoms with Gasteiger partial charge < -0.3 is 32.3 Å². The number of unbranched alkanes of at least 4 members (excludes halogenated alkanes) is 1. The predicted octanol–water partition coefficient (Wildman–Crippen LogP) is -1.33. The molecule has 0 saturated heterocycles. The van der Waals surface area contributed by atoms with Gasteiger partial charge in [-0.05, 0) is 32.7 Å². The van der Waals surface area contributed by atoms with E-state index in [9.17, 15) is 24.0 Å². The number of nitrogens with one attached hydrogen (secondary N) is 5. The molecule has 0 fully saturated rings. The number of primary amides is 1. The largest absolute Gasteiger partial charge is 0.368 e. The summed E-state index contributed by atoms with van der Waals surface area (Å²) in [6.45, 7) is 3.39. The summed E-state index contributed by atoms with van der Waals surface area (Å²) in [7, 11) is 1.76. The van der Waals surface area contributed by atoms with E-state index in [1.54, 1.807) is 7.05 Å². The minimum absolute atomic E-state index is 0.0702. The number of carbonyl (C=O) groups excluding carboxylic acids is 5. The second kappa shape index (κ2) is 18.1. The minimum Gasteiger partial charge on any atom is -0.368 e. The first-order chi connectivity index (χ1) is 14.8. The molecule has 0 spiro atoms. The van der Waals surface area contributed by atoms with E-state index >= 15 is 0 Å². The second-order valence-electron chi connectivity index (χ2n) is 7.17. The lowest BCUT2D eigenvalue weighted by molar-refractivity contribution is -0.127. The maximum atomic E-state index is 11.9. The maximum absolute atomic E-state index is 11.9. The molecule has 0 aliphatic carbocycles. The molecule has 31 heavy (non-hydrogen) atoms. The first kappa shape index (κ1) is 28.3. The summed E-state index contributed by atoms with van der Waals surface area (Å²) < 4.78 is 0. The van der Waals surface area contributed by atoms with Gasteiger partial charge >= 0.3 is 0 Å². The molecule has 178 valence electrons. The number of nitrogens with two attached hydrogens (primary N) is 1. The average Bonchev–Trinajstić information content (AvgIpc) is 2.71. The van der Waals surface area contributed by atoms with Gasteiger partial charge in [0.1, 0.15) is 6.04 Å². The van der Waals surface area contributed by atoms with Crippen LogP contribution in [0.2, 0.25) is 0 Å². The van der Waals surface area contributed by atoms with Gasteiger partial charge in [0, 0.05) is 51.9 Å². The van der Waals surface area contributed by atoms with Crippen molar-refractivity contribution in [2.45, 2.75) is 64.3 Å². The molecule has 0 bridgehead atoms.